The summed E-state index contributed by atoms with van der Waals surface area (Å²) in [6.45, 7) is 7.21. The van der Waals surface area contributed by atoms with Crippen molar-refractivity contribution in [3.8, 4) is 11.3 Å². The zero-order valence-electron chi connectivity index (χ0n) is 24.0. The third-order valence-corrected chi connectivity index (χ3v) is 7.20. The van der Waals surface area contributed by atoms with Crippen molar-refractivity contribution in [1.29, 1.82) is 0 Å². The Labute approximate surface area is 261 Å². The van der Waals surface area contributed by atoms with Crippen molar-refractivity contribution in [2.24, 2.45) is 0 Å². The Balaban J connectivity index is 0.000000475. The van der Waals surface area contributed by atoms with Crippen LogP contribution in [-0.2, 0) is 31.1 Å². The van der Waals surface area contributed by atoms with Crippen molar-refractivity contribution in [3.63, 3.8) is 0 Å². The smallest absolute Gasteiger partial charge is 0.403 e. The number of fused-ring (bicyclic) bond motifs is 6. The molecule has 6 aromatic rings. The molecule has 6 rings (SSSR count). The first kappa shape index (κ1) is 31.9. The zero-order valence-corrected chi connectivity index (χ0v) is 26.4. The van der Waals surface area contributed by atoms with Gasteiger partial charge in [-0.1, -0.05) is 85.5 Å². The molecule has 0 saturated heterocycles. The molecule has 0 aliphatic heterocycles. The van der Waals surface area contributed by atoms with Gasteiger partial charge in [0.25, 0.3) is 0 Å². The molecule has 221 valence electrons. The quantitative estimate of drug-likeness (QED) is 0.0847. The van der Waals surface area contributed by atoms with Gasteiger partial charge < -0.3 is 5.11 Å². The van der Waals surface area contributed by atoms with Crippen LogP contribution in [0.25, 0.3) is 54.3 Å². The van der Waals surface area contributed by atoms with Gasteiger partial charge in [0.15, 0.2) is 5.78 Å². The molecule has 0 amide bonds. The number of aliphatic hydroxyl groups excluding tert-OH is 1. The fourth-order valence-electron chi connectivity index (χ4n) is 5.29. The van der Waals surface area contributed by atoms with Crippen LogP contribution in [0.2, 0.25) is 0 Å². The number of pyridine rings is 1. The van der Waals surface area contributed by atoms with Gasteiger partial charge in [0.1, 0.15) is 0 Å². The number of carbonyl (C=O) groups is 1. The Bertz CT molecular complexity index is 2010. The van der Waals surface area contributed by atoms with Gasteiger partial charge in [0, 0.05) is 38.1 Å². The van der Waals surface area contributed by atoms with Gasteiger partial charge in [-0.2, -0.15) is 13.2 Å². The van der Waals surface area contributed by atoms with Crippen LogP contribution in [0, 0.1) is 6.07 Å². The number of aliphatic hydroxyl groups is 1. The van der Waals surface area contributed by atoms with E-state index in [1.54, 1.807) is 24.4 Å². The van der Waals surface area contributed by atoms with E-state index in [2.05, 4.69) is 55.2 Å². The fraction of sp³-hybridized carbons (Fsp3) is 0.167. The largest absolute Gasteiger partial charge is 0.512 e. The molecule has 0 atom stereocenters. The Kier molecular flexibility index (Phi) is 9.38. The van der Waals surface area contributed by atoms with Crippen LogP contribution < -0.4 is 0 Å². The van der Waals surface area contributed by atoms with E-state index in [0.717, 1.165) is 26.9 Å². The molecule has 0 unspecified atom stereocenters. The van der Waals surface area contributed by atoms with Crippen LogP contribution in [0.3, 0.4) is 0 Å². The fourth-order valence-corrected chi connectivity index (χ4v) is 5.29. The predicted octanol–water partition coefficient (Wildman–Crippen LogP) is 10.3. The summed E-state index contributed by atoms with van der Waals surface area (Å²) in [6.07, 6.45) is -1.64. The molecule has 0 bridgehead atoms. The maximum Gasteiger partial charge on any atom is 0.403 e. The number of aromatic nitrogens is 1. The molecular formula is C36H29F3IrNO2-. The number of allylic oxidation sites excluding steroid dienone is 2. The minimum atomic E-state index is -4.48. The maximum absolute atomic E-state index is 13.9. The van der Waals surface area contributed by atoms with Gasteiger partial charge in [0.05, 0.1) is 5.76 Å². The molecule has 1 radical (unpaired) electrons. The first-order valence-corrected chi connectivity index (χ1v) is 13.6. The summed E-state index contributed by atoms with van der Waals surface area (Å²) >= 11 is 0. The van der Waals surface area contributed by atoms with Crippen molar-refractivity contribution >= 4 is 48.9 Å². The minimum absolute atomic E-state index is 0. The topological polar surface area (TPSA) is 50.2 Å². The summed E-state index contributed by atoms with van der Waals surface area (Å²) in [5.74, 6) is 0.382. The van der Waals surface area contributed by atoms with Crippen molar-refractivity contribution in [1.82, 2.24) is 4.98 Å². The molecule has 5 aromatic carbocycles. The standard InChI is InChI=1S/C31H21F3N.C5H8O2.Ir/c1-18(2)19-7-9-23-21(15-19)8-10-26-25(23)11-12-28-27(26)13-14-35-30(28)22-16-20-5-3-4-6-24(20)29(17-22)31(32,33)34;1-4(6)3-5(2)7;/h3-15,17-18H,1-2H3;3,6H,1-2H3;/q-1;;/b;4-3-;. The summed E-state index contributed by atoms with van der Waals surface area (Å²) in [5.41, 5.74) is 1.45. The molecule has 1 N–H and O–H groups in total. The van der Waals surface area contributed by atoms with Gasteiger partial charge in [-0.25, -0.2) is 0 Å². The number of hydrogen-bond acceptors (Lipinski definition) is 3. The second-order valence-electron chi connectivity index (χ2n) is 10.7. The predicted molar refractivity (Wildman–Crippen MR) is 165 cm³/mol. The number of rotatable bonds is 3. The van der Waals surface area contributed by atoms with Crippen LogP contribution in [-0.4, -0.2) is 15.9 Å². The summed E-state index contributed by atoms with van der Waals surface area (Å²) in [4.78, 5) is 14.5. The first-order valence-electron chi connectivity index (χ1n) is 13.6. The van der Waals surface area contributed by atoms with Crippen molar-refractivity contribution in [3.05, 3.63) is 114 Å². The molecule has 1 heterocycles. The normalized spacial score (nSPS) is 12.0. The van der Waals surface area contributed by atoms with E-state index in [1.165, 1.54) is 43.0 Å². The monoisotopic (exact) mass is 757 g/mol. The van der Waals surface area contributed by atoms with Crippen LogP contribution >= 0.6 is 0 Å². The van der Waals surface area contributed by atoms with Gasteiger partial charge in [0.2, 0.25) is 0 Å². The second kappa shape index (κ2) is 12.7. The number of nitrogens with zero attached hydrogens (tertiary/aromatic N) is 1. The Morgan fingerprint density at radius 2 is 1.47 bits per heavy atom. The van der Waals surface area contributed by atoms with Crippen molar-refractivity contribution in [2.75, 3.05) is 0 Å². The van der Waals surface area contributed by atoms with E-state index in [4.69, 9.17) is 5.11 Å². The van der Waals surface area contributed by atoms with Gasteiger partial charge in [-0.15, -0.1) is 23.6 Å². The number of carbonyl (C=O) groups excluding carboxylic acids is 1. The average Bonchev–Trinajstić information content (AvgIpc) is 2.94. The number of benzene rings is 5. The van der Waals surface area contributed by atoms with Gasteiger partial charge in [-0.3, -0.25) is 9.78 Å². The molecule has 7 heteroatoms. The van der Waals surface area contributed by atoms with Crippen LogP contribution in [0.1, 0.15) is 44.7 Å². The number of ketones is 1. The van der Waals surface area contributed by atoms with Crippen molar-refractivity contribution in [2.45, 2.75) is 39.8 Å². The summed E-state index contributed by atoms with van der Waals surface area (Å²) in [5, 5.41) is 15.2. The molecular weight excluding hydrogens is 728 g/mol. The Morgan fingerprint density at radius 1 is 0.837 bits per heavy atom. The third kappa shape index (κ3) is 6.64. The molecule has 3 nitrogen and oxygen atoms in total. The average molecular weight is 757 g/mol. The van der Waals surface area contributed by atoms with Crippen LogP contribution in [0.15, 0.2) is 96.9 Å². The summed E-state index contributed by atoms with van der Waals surface area (Å²) in [7, 11) is 0. The molecule has 43 heavy (non-hydrogen) atoms. The Morgan fingerprint density at radius 3 is 2.12 bits per heavy atom. The minimum Gasteiger partial charge on any atom is -0.512 e. The molecule has 0 aliphatic carbocycles. The first-order chi connectivity index (χ1) is 19.9. The molecule has 0 spiro atoms. The van der Waals surface area contributed by atoms with Gasteiger partial charge in [-0.05, 0) is 69.3 Å². The SMILES string of the molecule is CC(=O)/C=C(/C)O.CC(C)c1ccc2c(ccc3c4ccnc(-c5[c-]c6ccccc6c(C(F)(F)F)c5)c4ccc23)c1.[Ir]. The van der Waals surface area contributed by atoms with Crippen molar-refractivity contribution < 1.29 is 43.2 Å². The third-order valence-electron chi connectivity index (χ3n) is 7.20. The van der Waals surface area contributed by atoms with E-state index in [9.17, 15) is 18.0 Å². The summed E-state index contributed by atoms with van der Waals surface area (Å²) in [6, 6.07) is 27.5. The van der Waals surface area contributed by atoms with E-state index >= 15 is 0 Å². The maximum atomic E-state index is 13.9. The summed E-state index contributed by atoms with van der Waals surface area (Å²) < 4.78 is 41.8. The molecule has 0 fully saturated rings. The molecule has 0 saturated carbocycles. The zero-order chi connectivity index (χ0) is 30.2. The van der Waals surface area contributed by atoms with Crippen LogP contribution in [0.4, 0.5) is 13.2 Å². The number of alkyl halides is 3. The van der Waals surface area contributed by atoms with E-state index in [1.807, 2.05) is 18.2 Å². The number of halogens is 3. The Hall–Kier alpha value is -4.06. The van der Waals surface area contributed by atoms with Crippen LogP contribution in [0.5, 0.6) is 0 Å². The van der Waals surface area contributed by atoms with E-state index in [-0.39, 0.29) is 37.0 Å². The van der Waals surface area contributed by atoms with E-state index in [0.29, 0.717) is 22.6 Å². The molecule has 1 aromatic heterocycles. The number of hydrogen-bond donors (Lipinski definition) is 1. The van der Waals surface area contributed by atoms with Gasteiger partial charge >= 0.3 is 6.18 Å². The second-order valence-corrected chi connectivity index (χ2v) is 10.7. The molecule has 0 aliphatic rings. The van der Waals surface area contributed by atoms with E-state index < -0.39 is 11.7 Å².